The monoisotopic (exact) mass is 561 g/mol. The third-order valence-electron chi connectivity index (χ3n) is 8.30. The number of Topliss-reactive ketones (excluding diaryl/α,β-unsaturated/α-hetero) is 1. The van der Waals surface area contributed by atoms with Crippen molar-refractivity contribution in [2.24, 2.45) is 5.92 Å². The highest BCUT2D eigenvalue weighted by Crippen LogP contribution is 2.43. The van der Waals surface area contributed by atoms with Gasteiger partial charge in [-0.2, -0.15) is 0 Å². The molecule has 10 heteroatoms. The van der Waals surface area contributed by atoms with Gasteiger partial charge in [0.05, 0.1) is 24.9 Å². The van der Waals surface area contributed by atoms with Gasteiger partial charge in [-0.05, 0) is 36.6 Å². The standard InChI is InChI=1S/C31H35N3O7/c1-40-28(37)18-20-11-12-22-25(17-20)32-27(36)10-4-2-3-7-21(19-26(22)35)29(38)34-15-13-31(14-16-34)23-8-5-6-9-24(23)33-30(39)41-31/h5-6,8-9,11-12,17,21H,2-4,7,10,13-16,18-19H2,1H3,(H,32,36)(H,33,39). The Hall–Kier alpha value is -4.21. The number of para-hydroxylation sites is 1. The fourth-order valence-corrected chi connectivity index (χ4v) is 6.07. The number of ketones is 1. The molecule has 1 spiro atoms. The van der Waals surface area contributed by atoms with Crippen molar-refractivity contribution in [3.05, 3.63) is 59.2 Å². The maximum absolute atomic E-state index is 13.8. The number of methoxy groups -OCH3 is 1. The number of amides is 3. The third-order valence-corrected chi connectivity index (χ3v) is 8.30. The average Bonchev–Trinajstić information content (AvgIpc) is 2.95. The predicted octanol–water partition coefficient (Wildman–Crippen LogP) is 4.57. The lowest BCUT2D eigenvalue weighted by Crippen LogP contribution is -2.51. The Bertz CT molecular complexity index is 1360. The van der Waals surface area contributed by atoms with Crippen LogP contribution in [-0.2, 0) is 35.9 Å². The van der Waals surface area contributed by atoms with Crippen molar-refractivity contribution in [2.75, 3.05) is 30.8 Å². The smallest absolute Gasteiger partial charge is 0.412 e. The number of anilines is 2. The molecule has 3 aliphatic rings. The number of hydrogen-bond donors (Lipinski definition) is 2. The molecule has 1 saturated heterocycles. The second kappa shape index (κ2) is 12.1. The van der Waals surface area contributed by atoms with Gasteiger partial charge < -0.3 is 19.7 Å². The van der Waals surface area contributed by atoms with E-state index >= 15 is 0 Å². The van der Waals surface area contributed by atoms with Crippen LogP contribution in [0.15, 0.2) is 42.5 Å². The average molecular weight is 562 g/mol. The molecule has 10 nitrogen and oxygen atoms in total. The van der Waals surface area contributed by atoms with Crippen LogP contribution in [0, 0.1) is 5.92 Å². The molecule has 0 radical (unpaired) electrons. The normalized spacial score (nSPS) is 20.8. The van der Waals surface area contributed by atoms with E-state index in [1.165, 1.54) is 7.11 Å². The number of rotatable bonds is 3. The molecule has 216 valence electrons. The van der Waals surface area contributed by atoms with E-state index in [1.54, 1.807) is 23.1 Å². The van der Waals surface area contributed by atoms with Crippen LogP contribution in [0.3, 0.4) is 0 Å². The van der Waals surface area contributed by atoms with Crippen molar-refractivity contribution >= 4 is 41.0 Å². The van der Waals surface area contributed by atoms with Crippen molar-refractivity contribution in [1.29, 1.82) is 0 Å². The fourth-order valence-electron chi connectivity index (χ4n) is 6.07. The molecule has 3 heterocycles. The molecule has 2 aromatic rings. The maximum Gasteiger partial charge on any atom is 0.412 e. The predicted molar refractivity (Wildman–Crippen MR) is 150 cm³/mol. The highest BCUT2D eigenvalue weighted by Gasteiger charge is 2.45. The Balaban J connectivity index is 1.33. The van der Waals surface area contributed by atoms with Crippen molar-refractivity contribution < 1.29 is 33.4 Å². The van der Waals surface area contributed by atoms with Crippen LogP contribution >= 0.6 is 0 Å². The Morgan fingerprint density at radius 1 is 1.00 bits per heavy atom. The number of esters is 1. The van der Waals surface area contributed by atoms with E-state index in [0.717, 1.165) is 24.1 Å². The Morgan fingerprint density at radius 2 is 1.78 bits per heavy atom. The molecule has 0 saturated carbocycles. The number of ether oxygens (including phenoxy) is 2. The van der Waals surface area contributed by atoms with Gasteiger partial charge in [-0.15, -0.1) is 0 Å². The molecule has 1 atom stereocenters. The molecule has 3 aliphatic heterocycles. The maximum atomic E-state index is 13.8. The molecule has 3 amide bonds. The zero-order valence-corrected chi connectivity index (χ0v) is 23.2. The van der Waals surface area contributed by atoms with Crippen molar-refractivity contribution in [3.63, 3.8) is 0 Å². The van der Waals surface area contributed by atoms with Crippen LogP contribution in [0.25, 0.3) is 0 Å². The van der Waals surface area contributed by atoms with E-state index < -0.39 is 23.6 Å². The minimum Gasteiger partial charge on any atom is -0.469 e. The van der Waals surface area contributed by atoms with Gasteiger partial charge in [0.1, 0.15) is 5.60 Å². The SMILES string of the molecule is COC(=O)Cc1ccc2c(c1)NC(=O)CCCCCC(C(=O)N1CCC3(CC1)OC(=O)Nc1ccccc13)CC2=O. The number of carbonyl (C=O) groups excluding carboxylic acids is 5. The topological polar surface area (TPSA) is 131 Å². The first-order chi connectivity index (χ1) is 19.8. The summed E-state index contributed by atoms with van der Waals surface area (Å²) < 4.78 is 10.6. The minimum absolute atomic E-state index is 0.0151. The number of nitrogens with zero attached hydrogens (tertiary/aromatic N) is 1. The van der Waals surface area contributed by atoms with Crippen LogP contribution in [0.4, 0.5) is 16.2 Å². The summed E-state index contributed by atoms with van der Waals surface area (Å²) in [4.78, 5) is 65.8. The molecule has 1 fully saturated rings. The van der Waals surface area contributed by atoms with E-state index in [2.05, 4.69) is 10.6 Å². The van der Waals surface area contributed by atoms with E-state index in [0.29, 0.717) is 62.0 Å². The molecule has 5 rings (SSSR count). The number of likely N-dealkylation sites (tertiary alicyclic amines) is 1. The third kappa shape index (κ3) is 6.26. The first-order valence-corrected chi connectivity index (χ1v) is 14.2. The molecular formula is C31H35N3O7. The van der Waals surface area contributed by atoms with Gasteiger partial charge in [-0.1, -0.05) is 37.1 Å². The number of fused-ring (bicyclic) bond motifs is 3. The summed E-state index contributed by atoms with van der Waals surface area (Å²) in [6, 6.07) is 12.5. The number of carbonyl (C=O) groups is 5. The Kier molecular flexibility index (Phi) is 8.37. The zero-order valence-electron chi connectivity index (χ0n) is 23.2. The molecule has 0 aromatic heterocycles. The van der Waals surface area contributed by atoms with Crippen LogP contribution in [0.2, 0.25) is 0 Å². The summed E-state index contributed by atoms with van der Waals surface area (Å²) in [7, 11) is 1.30. The van der Waals surface area contributed by atoms with Gasteiger partial charge in [0.25, 0.3) is 0 Å². The molecule has 41 heavy (non-hydrogen) atoms. The summed E-state index contributed by atoms with van der Waals surface area (Å²) in [5, 5.41) is 5.59. The van der Waals surface area contributed by atoms with E-state index in [1.807, 2.05) is 24.3 Å². The van der Waals surface area contributed by atoms with Gasteiger partial charge in [-0.25, -0.2) is 4.79 Å². The van der Waals surface area contributed by atoms with E-state index in [4.69, 9.17) is 9.47 Å². The summed E-state index contributed by atoms with van der Waals surface area (Å²) in [6.07, 6.45) is 3.51. The van der Waals surface area contributed by atoms with Crippen molar-refractivity contribution in [2.45, 2.75) is 63.4 Å². The van der Waals surface area contributed by atoms with Crippen LogP contribution < -0.4 is 10.6 Å². The quantitative estimate of drug-likeness (QED) is 0.525. The van der Waals surface area contributed by atoms with Crippen LogP contribution in [0.1, 0.15) is 72.9 Å². The minimum atomic E-state index is -0.781. The lowest BCUT2D eigenvalue weighted by Gasteiger charge is -2.44. The van der Waals surface area contributed by atoms with Gasteiger partial charge in [-0.3, -0.25) is 24.5 Å². The van der Waals surface area contributed by atoms with Gasteiger partial charge in [0, 0.05) is 55.8 Å². The first kappa shape index (κ1) is 28.3. The summed E-state index contributed by atoms with van der Waals surface area (Å²) in [5.74, 6) is -1.43. The van der Waals surface area contributed by atoms with Crippen molar-refractivity contribution in [3.8, 4) is 0 Å². The number of nitrogens with one attached hydrogen (secondary N) is 2. The first-order valence-electron chi connectivity index (χ1n) is 14.2. The molecule has 0 aliphatic carbocycles. The van der Waals surface area contributed by atoms with E-state index in [9.17, 15) is 24.0 Å². The summed E-state index contributed by atoms with van der Waals surface area (Å²) in [5.41, 5.74) is 2.15. The molecule has 2 aromatic carbocycles. The molecule has 2 N–H and O–H groups in total. The highest BCUT2D eigenvalue weighted by atomic mass is 16.6. The fraction of sp³-hybridized carbons (Fsp3) is 0.452. The lowest BCUT2D eigenvalue weighted by atomic mass is 9.81. The lowest BCUT2D eigenvalue weighted by molar-refractivity contribution is -0.141. The van der Waals surface area contributed by atoms with Crippen LogP contribution in [0.5, 0.6) is 0 Å². The Labute approximate surface area is 238 Å². The van der Waals surface area contributed by atoms with Gasteiger partial charge in [0.15, 0.2) is 5.78 Å². The van der Waals surface area contributed by atoms with Crippen LogP contribution in [-0.4, -0.2) is 54.8 Å². The number of piperidine rings is 1. The van der Waals surface area contributed by atoms with Gasteiger partial charge in [0.2, 0.25) is 11.8 Å². The van der Waals surface area contributed by atoms with Crippen molar-refractivity contribution in [1.82, 2.24) is 4.90 Å². The molecular weight excluding hydrogens is 526 g/mol. The Morgan fingerprint density at radius 3 is 2.56 bits per heavy atom. The second-order valence-corrected chi connectivity index (χ2v) is 11.0. The highest BCUT2D eigenvalue weighted by molar-refractivity contribution is 6.06. The molecule has 1 unspecified atom stereocenters. The van der Waals surface area contributed by atoms with Gasteiger partial charge >= 0.3 is 12.1 Å². The number of hydrogen-bond acceptors (Lipinski definition) is 7. The zero-order chi connectivity index (χ0) is 29.0. The second-order valence-electron chi connectivity index (χ2n) is 11.0. The number of benzene rings is 2. The molecule has 0 bridgehead atoms. The summed E-state index contributed by atoms with van der Waals surface area (Å²) >= 11 is 0. The van der Waals surface area contributed by atoms with E-state index in [-0.39, 0.29) is 30.4 Å². The summed E-state index contributed by atoms with van der Waals surface area (Å²) in [6.45, 7) is 0.823. The largest absolute Gasteiger partial charge is 0.469 e.